The molecule has 0 radical (unpaired) electrons. The third-order valence-corrected chi connectivity index (χ3v) is 2.69. The van der Waals surface area contributed by atoms with Crippen LogP contribution in [-0.2, 0) is 4.79 Å². The standard InChI is InChI=1S/C11H15NO/c1-11(2)6-9-8(10(13)7-11)4-3-5-12-9/h3,5,12H,4,6-7H2,1-2H3. The van der Waals surface area contributed by atoms with E-state index >= 15 is 0 Å². The second-order valence-corrected chi connectivity index (χ2v) is 4.65. The SMILES string of the molecule is CC1(C)CC(=O)C2=C(C1)NC=CC2. The van der Waals surface area contributed by atoms with Crippen molar-refractivity contribution >= 4 is 5.78 Å². The van der Waals surface area contributed by atoms with Gasteiger partial charge in [-0.1, -0.05) is 19.9 Å². The Morgan fingerprint density at radius 2 is 2.15 bits per heavy atom. The molecule has 2 heteroatoms. The Morgan fingerprint density at radius 3 is 2.92 bits per heavy atom. The fourth-order valence-electron chi connectivity index (χ4n) is 2.07. The van der Waals surface area contributed by atoms with Crippen LogP contribution < -0.4 is 5.32 Å². The Morgan fingerprint density at radius 1 is 1.38 bits per heavy atom. The van der Waals surface area contributed by atoms with Crippen molar-refractivity contribution in [3.05, 3.63) is 23.5 Å². The van der Waals surface area contributed by atoms with Crippen LogP contribution in [0.25, 0.3) is 0 Å². The third-order valence-electron chi connectivity index (χ3n) is 2.69. The largest absolute Gasteiger partial charge is 0.365 e. The smallest absolute Gasteiger partial charge is 0.161 e. The van der Waals surface area contributed by atoms with Gasteiger partial charge in [-0.25, -0.2) is 0 Å². The predicted molar refractivity (Wildman–Crippen MR) is 51.9 cm³/mol. The molecule has 1 heterocycles. The molecule has 1 aliphatic heterocycles. The normalized spacial score (nSPS) is 25.5. The van der Waals surface area contributed by atoms with Crippen molar-refractivity contribution in [1.29, 1.82) is 0 Å². The number of carbonyl (C=O) groups is 1. The lowest BCUT2D eigenvalue weighted by Gasteiger charge is -2.33. The van der Waals surface area contributed by atoms with Crippen LogP contribution >= 0.6 is 0 Å². The zero-order valence-corrected chi connectivity index (χ0v) is 8.18. The van der Waals surface area contributed by atoms with Crippen molar-refractivity contribution in [2.24, 2.45) is 5.41 Å². The fraction of sp³-hybridized carbons (Fsp3) is 0.545. The number of nitrogens with one attached hydrogen (secondary N) is 1. The van der Waals surface area contributed by atoms with Crippen LogP contribution in [0.4, 0.5) is 0 Å². The van der Waals surface area contributed by atoms with Crippen molar-refractivity contribution in [2.75, 3.05) is 0 Å². The number of carbonyl (C=O) groups excluding carboxylic acids is 1. The summed E-state index contributed by atoms with van der Waals surface area (Å²) in [5, 5.41) is 3.19. The molecule has 0 amide bonds. The van der Waals surface area contributed by atoms with Gasteiger partial charge in [0.15, 0.2) is 5.78 Å². The minimum absolute atomic E-state index is 0.133. The van der Waals surface area contributed by atoms with Crippen molar-refractivity contribution in [3.63, 3.8) is 0 Å². The molecule has 0 saturated heterocycles. The van der Waals surface area contributed by atoms with E-state index in [0.717, 1.165) is 24.1 Å². The van der Waals surface area contributed by atoms with E-state index in [-0.39, 0.29) is 5.41 Å². The lowest BCUT2D eigenvalue weighted by Crippen LogP contribution is -2.31. The molecule has 0 atom stereocenters. The van der Waals surface area contributed by atoms with E-state index < -0.39 is 0 Å². The highest BCUT2D eigenvalue weighted by Gasteiger charge is 2.32. The van der Waals surface area contributed by atoms with Gasteiger partial charge in [0, 0.05) is 17.7 Å². The molecule has 0 saturated carbocycles. The van der Waals surface area contributed by atoms with Gasteiger partial charge in [0.2, 0.25) is 0 Å². The van der Waals surface area contributed by atoms with Gasteiger partial charge in [0.1, 0.15) is 0 Å². The molecular formula is C11H15NO. The van der Waals surface area contributed by atoms with Crippen LogP contribution in [0.3, 0.4) is 0 Å². The van der Waals surface area contributed by atoms with Gasteiger partial charge in [-0.3, -0.25) is 4.79 Å². The van der Waals surface area contributed by atoms with E-state index in [9.17, 15) is 4.79 Å². The van der Waals surface area contributed by atoms with E-state index in [2.05, 4.69) is 19.2 Å². The Bertz CT molecular complexity index is 310. The third kappa shape index (κ3) is 1.53. The number of allylic oxidation sites excluding steroid dienone is 3. The number of Topliss-reactive ketones (excluding diaryl/α,β-unsaturated/α-hetero) is 1. The van der Waals surface area contributed by atoms with E-state index in [1.54, 1.807) is 0 Å². The first-order chi connectivity index (χ1) is 6.08. The van der Waals surface area contributed by atoms with Crippen LogP contribution in [0.1, 0.15) is 33.1 Å². The molecule has 0 bridgehead atoms. The molecule has 1 N–H and O–H groups in total. The maximum Gasteiger partial charge on any atom is 0.161 e. The molecule has 0 spiro atoms. The van der Waals surface area contributed by atoms with Gasteiger partial charge in [-0.15, -0.1) is 0 Å². The van der Waals surface area contributed by atoms with E-state index in [0.29, 0.717) is 12.2 Å². The summed E-state index contributed by atoms with van der Waals surface area (Å²) >= 11 is 0. The first-order valence-corrected chi connectivity index (χ1v) is 4.75. The van der Waals surface area contributed by atoms with E-state index in [4.69, 9.17) is 0 Å². The van der Waals surface area contributed by atoms with Crippen LogP contribution in [0.2, 0.25) is 0 Å². The molecule has 70 valence electrons. The van der Waals surface area contributed by atoms with Crippen molar-refractivity contribution in [2.45, 2.75) is 33.1 Å². The average Bonchev–Trinajstić information content (AvgIpc) is 2.02. The summed E-state index contributed by atoms with van der Waals surface area (Å²) < 4.78 is 0. The van der Waals surface area contributed by atoms with Crippen LogP contribution in [0.15, 0.2) is 23.5 Å². The molecule has 1 aliphatic carbocycles. The molecule has 2 rings (SSSR count). The summed E-state index contributed by atoms with van der Waals surface area (Å²) in [5.74, 6) is 0.322. The zero-order valence-electron chi connectivity index (χ0n) is 8.18. The maximum atomic E-state index is 11.7. The Hall–Kier alpha value is -1.05. The van der Waals surface area contributed by atoms with Crippen LogP contribution in [0, 0.1) is 5.41 Å². The number of ketones is 1. The van der Waals surface area contributed by atoms with Crippen LogP contribution in [-0.4, -0.2) is 5.78 Å². The molecule has 0 aromatic rings. The van der Waals surface area contributed by atoms with E-state index in [1.165, 1.54) is 0 Å². The summed E-state index contributed by atoms with van der Waals surface area (Å²) in [6.07, 6.45) is 6.46. The van der Waals surface area contributed by atoms with E-state index in [1.807, 2.05) is 12.3 Å². The van der Waals surface area contributed by atoms with Gasteiger partial charge in [-0.2, -0.15) is 0 Å². The Labute approximate surface area is 78.7 Å². The monoisotopic (exact) mass is 177 g/mol. The summed E-state index contributed by atoms with van der Waals surface area (Å²) in [7, 11) is 0. The van der Waals surface area contributed by atoms with Gasteiger partial charge in [0.05, 0.1) is 0 Å². The highest BCUT2D eigenvalue weighted by molar-refractivity contribution is 5.97. The van der Waals surface area contributed by atoms with Crippen molar-refractivity contribution in [3.8, 4) is 0 Å². The molecule has 0 unspecified atom stereocenters. The minimum Gasteiger partial charge on any atom is -0.365 e. The predicted octanol–water partition coefficient (Wildman–Crippen LogP) is 2.14. The zero-order chi connectivity index (χ0) is 9.47. The topological polar surface area (TPSA) is 29.1 Å². The minimum atomic E-state index is 0.133. The summed E-state index contributed by atoms with van der Waals surface area (Å²) in [6, 6.07) is 0. The number of dihydropyridines is 1. The van der Waals surface area contributed by atoms with Crippen molar-refractivity contribution < 1.29 is 4.79 Å². The van der Waals surface area contributed by atoms with Crippen molar-refractivity contribution in [1.82, 2.24) is 5.32 Å². The number of hydrogen-bond donors (Lipinski definition) is 1. The molecule has 0 aromatic heterocycles. The molecule has 2 nitrogen and oxygen atoms in total. The Kier molecular flexibility index (Phi) is 1.79. The average molecular weight is 177 g/mol. The molecule has 0 aromatic carbocycles. The summed E-state index contributed by atoms with van der Waals surface area (Å²) in [4.78, 5) is 11.7. The maximum absolute atomic E-state index is 11.7. The lowest BCUT2D eigenvalue weighted by molar-refractivity contribution is -0.118. The second-order valence-electron chi connectivity index (χ2n) is 4.65. The first kappa shape index (κ1) is 8.54. The highest BCUT2D eigenvalue weighted by Crippen LogP contribution is 2.37. The number of rotatable bonds is 0. The fourth-order valence-corrected chi connectivity index (χ4v) is 2.07. The van der Waals surface area contributed by atoms with Crippen LogP contribution in [0.5, 0.6) is 0 Å². The molecule has 2 aliphatic rings. The molecule has 0 fully saturated rings. The Balaban J connectivity index is 2.32. The lowest BCUT2D eigenvalue weighted by atomic mass is 9.75. The second kappa shape index (κ2) is 2.72. The number of hydrogen-bond acceptors (Lipinski definition) is 2. The first-order valence-electron chi connectivity index (χ1n) is 4.75. The molecular weight excluding hydrogens is 162 g/mol. The quantitative estimate of drug-likeness (QED) is 0.614. The van der Waals surface area contributed by atoms with Gasteiger partial charge in [-0.05, 0) is 24.5 Å². The van der Waals surface area contributed by atoms with Gasteiger partial charge < -0.3 is 5.32 Å². The van der Waals surface area contributed by atoms with Gasteiger partial charge >= 0.3 is 0 Å². The van der Waals surface area contributed by atoms with Gasteiger partial charge in [0.25, 0.3) is 0 Å². The highest BCUT2D eigenvalue weighted by atomic mass is 16.1. The summed E-state index contributed by atoms with van der Waals surface area (Å²) in [6.45, 7) is 4.30. The summed E-state index contributed by atoms with van der Waals surface area (Å²) in [5.41, 5.74) is 2.28. The molecule has 13 heavy (non-hydrogen) atoms.